The highest BCUT2D eigenvalue weighted by Crippen LogP contribution is 2.25. The fraction of sp³-hybridized carbons (Fsp3) is 0.909. The Labute approximate surface area is 103 Å². The van der Waals surface area contributed by atoms with Crippen molar-refractivity contribution in [1.29, 1.82) is 0 Å². The molecule has 2 unspecified atom stereocenters. The monoisotopic (exact) mass is 269 g/mol. The highest BCUT2D eigenvalue weighted by atomic mass is 19.4. The Morgan fingerprint density at radius 3 is 2.39 bits per heavy atom. The summed E-state index contributed by atoms with van der Waals surface area (Å²) in [5.41, 5.74) is 0. The molecule has 2 N–H and O–H groups in total. The molecule has 1 rings (SSSR count). The van der Waals surface area contributed by atoms with Crippen LogP contribution >= 0.6 is 0 Å². The second-order valence-electron chi connectivity index (χ2n) is 4.69. The van der Waals surface area contributed by atoms with Crippen LogP contribution in [0.15, 0.2) is 0 Å². The van der Waals surface area contributed by atoms with E-state index in [1.165, 1.54) is 0 Å². The van der Waals surface area contributed by atoms with E-state index in [0.717, 1.165) is 24.2 Å². The van der Waals surface area contributed by atoms with Crippen molar-refractivity contribution in [3.8, 4) is 0 Å². The van der Waals surface area contributed by atoms with Gasteiger partial charge in [0.25, 0.3) is 0 Å². The average Bonchev–Trinajstić information content (AvgIpc) is 2.38. The first-order chi connectivity index (χ1) is 8.29. The van der Waals surface area contributed by atoms with Crippen molar-refractivity contribution in [2.45, 2.75) is 50.4 Å². The molecule has 0 spiro atoms. The number of carboxylic acid groups (broad SMARTS) is 1. The van der Waals surface area contributed by atoms with Crippen molar-refractivity contribution in [3.05, 3.63) is 0 Å². The first kappa shape index (κ1) is 15.2. The summed E-state index contributed by atoms with van der Waals surface area (Å²) in [7, 11) is 0. The summed E-state index contributed by atoms with van der Waals surface area (Å²) < 4.78 is 37.3. The predicted octanol–water partition coefficient (Wildman–Crippen LogP) is 1.63. The highest BCUT2D eigenvalue weighted by Gasteiger charge is 2.37. The molecule has 0 bridgehead atoms. The Balaban J connectivity index is 2.75. The predicted molar refractivity (Wildman–Crippen MR) is 58.1 cm³/mol. The molecule has 0 aliphatic heterocycles. The molecule has 0 amide bonds. The minimum atomic E-state index is -4.46. The van der Waals surface area contributed by atoms with Gasteiger partial charge in [0.1, 0.15) is 0 Å². The van der Waals surface area contributed by atoms with E-state index < -0.39 is 37.4 Å². The van der Waals surface area contributed by atoms with Crippen LogP contribution in [-0.4, -0.2) is 52.5 Å². The maximum absolute atomic E-state index is 12.4. The maximum atomic E-state index is 12.4. The molecule has 1 aliphatic rings. The number of nitrogens with zero attached hydrogens (tertiary/aromatic N) is 1. The summed E-state index contributed by atoms with van der Waals surface area (Å²) in [5.74, 6) is -1.31. The number of hydrogen-bond acceptors (Lipinski definition) is 3. The largest absolute Gasteiger partial charge is 0.480 e. The second-order valence-corrected chi connectivity index (χ2v) is 4.69. The van der Waals surface area contributed by atoms with Crippen LogP contribution in [0, 0.1) is 0 Å². The Hall–Kier alpha value is -0.820. The van der Waals surface area contributed by atoms with E-state index in [1.54, 1.807) is 0 Å². The van der Waals surface area contributed by atoms with E-state index in [0.29, 0.717) is 12.8 Å². The van der Waals surface area contributed by atoms with Gasteiger partial charge < -0.3 is 10.2 Å². The van der Waals surface area contributed by atoms with Gasteiger partial charge in [0.15, 0.2) is 0 Å². The summed E-state index contributed by atoms with van der Waals surface area (Å²) in [5, 5.41) is 18.5. The number of aliphatic hydroxyl groups is 1. The fourth-order valence-electron chi connectivity index (χ4n) is 2.39. The van der Waals surface area contributed by atoms with Crippen LogP contribution in [0.25, 0.3) is 0 Å². The molecular weight excluding hydrogens is 251 g/mol. The van der Waals surface area contributed by atoms with Gasteiger partial charge in [-0.2, -0.15) is 13.2 Å². The third-order valence-corrected chi connectivity index (χ3v) is 3.13. The summed E-state index contributed by atoms with van der Waals surface area (Å²) in [4.78, 5) is 11.5. The number of hydrogen-bond donors (Lipinski definition) is 2. The maximum Gasteiger partial charge on any atom is 0.401 e. The third-order valence-electron chi connectivity index (χ3n) is 3.13. The van der Waals surface area contributed by atoms with E-state index in [4.69, 9.17) is 5.11 Å². The van der Waals surface area contributed by atoms with Crippen LogP contribution in [0.3, 0.4) is 0 Å². The van der Waals surface area contributed by atoms with Gasteiger partial charge in [-0.3, -0.25) is 9.69 Å². The number of halogens is 3. The summed E-state index contributed by atoms with van der Waals surface area (Å²) in [6.07, 6.45) is -2.15. The van der Waals surface area contributed by atoms with E-state index in [2.05, 4.69) is 0 Å². The number of alkyl halides is 3. The zero-order chi connectivity index (χ0) is 13.8. The number of rotatable bonds is 4. The van der Waals surface area contributed by atoms with Gasteiger partial charge in [0.2, 0.25) is 0 Å². The first-order valence-corrected chi connectivity index (χ1v) is 6.00. The molecule has 0 heterocycles. The normalized spacial score (nSPS) is 26.1. The Kier molecular flexibility index (Phi) is 5.40. The van der Waals surface area contributed by atoms with Crippen LogP contribution in [0.4, 0.5) is 13.2 Å². The number of aliphatic hydroxyl groups excluding tert-OH is 1. The van der Waals surface area contributed by atoms with Gasteiger partial charge in [-0.15, -0.1) is 0 Å². The van der Waals surface area contributed by atoms with E-state index >= 15 is 0 Å². The SMILES string of the molecule is O=C(O)CN(CC(F)(F)F)C1CCCCCC1O. The molecule has 0 radical (unpaired) electrons. The van der Waals surface area contributed by atoms with Crippen LogP contribution in [0.2, 0.25) is 0 Å². The lowest BCUT2D eigenvalue weighted by Crippen LogP contribution is -2.49. The third kappa shape index (κ3) is 5.22. The molecule has 1 fully saturated rings. The lowest BCUT2D eigenvalue weighted by molar-refractivity contribution is -0.162. The minimum absolute atomic E-state index is 0.407. The van der Waals surface area contributed by atoms with Crippen molar-refractivity contribution in [1.82, 2.24) is 4.90 Å². The molecule has 0 aromatic heterocycles. The molecule has 106 valence electrons. The van der Waals surface area contributed by atoms with E-state index in [1.807, 2.05) is 0 Å². The van der Waals surface area contributed by atoms with Gasteiger partial charge in [-0.1, -0.05) is 19.3 Å². The zero-order valence-corrected chi connectivity index (χ0v) is 9.99. The van der Waals surface area contributed by atoms with Crippen molar-refractivity contribution < 1.29 is 28.2 Å². The standard InChI is InChI=1S/C11H18F3NO3/c12-11(13,14)7-15(6-10(17)18)8-4-2-1-3-5-9(8)16/h8-9,16H,1-7H2,(H,17,18). The molecule has 7 heteroatoms. The molecule has 0 saturated heterocycles. The molecule has 1 aliphatic carbocycles. The zero-order valence-electron chi connectivity index (χ0n) is 9.99. The van der Waals surface area contributed by atoms with Gasteiger partial charge in [0, 0.05) is 6.04 Å². The number of carbonyl (C=O) groups is 1. The van der Waals surface area contributed by atoms with Crippen LogP contribution in [0.5, 0.6) is 0 Å². The fourth-order valence-corrected chi connectivity index (χ4v) is 2.39. The van der Waals surface area contributed by atoms with Crippen molar-refractivity contribution >= 4 is 5.97 Å². The molecule has 1 saturated carbocycles. The molecule has 0 aromatic carbocycles. The summed E-state index contributed by atoms with van der Waals surface area (Å²) in [6.45, 7) is -1.98. The topological polar surface area (TPSA) is 60.8 Å². The van der Waals surface area contributed by atoms with E-state index in [-0.39, 0.29) is 0 Å². The van der Waals surface area contributed by atoms with E-state index in [9.17, 15) is 23.1 Å². The summed E-state index contributed by atoms with van der Waals surface area (Å²) >= 11 is 0. The first-order valence-electron chi connectivity index (χ1n) is 6.00. The molecule has 2 atom stereocenters. The number of carboxylic acids is 1. The van der Waals surface area contributed by atoms with Gasteiger partial charge in [-0.05, 0) is 12.8 Å². The van der Waals surface area contributed by atoms with Gasteiger partial charge in [-0.25, -0.2) is 0 Å². The molecule has 18 heavy (non-hydrogen) atoms. The van der Waals surface area contributed by atoms with Crippen molar-refractivity contribution in [2.24, 2.45) is 0 Å². The quantitative estimate of drug-likeness (QED) is 0.761. The van der Waals surface area contributed by atoms with Crippen molar-refractivity contribution in [2.75, 3.05) is 13.1 Å². The lowest BCUT2D eigenvalue weighted by atomic mass is 10.0. The van der Waals surface area contributed by atoms with Crippen LogP contribution in [-0.2, 0) is 4.79 Å². The minimum Gasteiger partial charge on any atom is -0.480 e. The van der Waals surface area contributed by atoms with Crippen molar-refractivity contribution in [3.63, 3.8) is 0 Å². The average molecular weight is 269 g/mol. The smallest absolute Gasteiger partial charge is 0.401 e. The summed E-state index contributed by atoms with van der Waals surface area (Å²) in [6, 6.07) is -0.717. The lowest BCUT2D eigenvalue weighted by Gasteiger charge is -2.33. The Morgan fingerprint density at radius 1 is 1.22 bits per heavy atom. The van der Waals surface area contributed by atoms with Crippen LogP contribution in [0.1, 0.15) is 32.1 Å². The Bertz CT molecular complexity index is 283. The highest BCUT2D eigenvalue weighted by molar-refractivity contribution is 5.69. The molecular formula is C11H18F3NO3. The van der Waals surface area contributed by atoms with Gasteiger partial charge in [0.05, 0.1) is 19.2 Å². The van der Waals surface area contributed by atoms with Gasteiger partial charge >= 0.3 is 12.1 Å². The van der Waals surface area contributed by atoms with Crippen LogP contribution < -0.4 is 0 Å². The second kappa shape index (κ2) is 6.38. The molecule has 0 aromatic rings. The Morgan fingerprint density at radius 2 is 1.83 bits per heavy atom. The molecule has 4 nitrogen and oxygen atoms in total. The number of aliphatic carboxylic acids is 1.